The molecule has 3 rings (SSSR count). The average molecular weight is 282 g/mol. The molecule has 0 bridgehead atoms. The summed E-state index contributed by atoms with van der Waals surface area (Å²) in [5.74, 6) is 1.55. The van der Waals surface area contributed by atoms with E-state index >= 15 is 0 Å². The van der Waals surface area contributed by atoms with Crippen LogP contribution in [0.15, 0.2) is 42.9 Å². The molecule has 5 heteroatoms. The molecule has 21 heavy (non-hydrogen) atoms. The van der Waals surface area contributed by atoms with Crippen LogP contribution in [-0.2, 0) is 6.42 Å². The summed E-state index contributed by atoms with van der Waals surface area (Å²) in [5.41, 5.74) is 7.74. The van der Waals surface area contributed by atoms with Gasteiger partial charge in [-0.15, -0.1) is 0 Å². The summed E-state index contributed by atoms with van der Waals surface area (Å²) in [6, 6.07) is 8.07. The van der Waals surface area contributed by atoms with Gasteiger partial charge in [0.1, 0.15) is 11.6 Å². The fourth-order valence-electron chi connectivity index (χ4n) is 2.21. The van der Waals surface area contributed by atoms with Gasteiger partial charge in [-0.05, 0) is 30.5 Å². The van der Waals surface area contributed by atoms with Crippen LogP contribution in [0.2, 0.25) is 0 Å². The van der Waals surface area contributed by atoms with Gasteiger partial charge < -0.3 is 10.5 Å². The maximum Gasteiger partial charge on any atom is 0.265 e. The van der Waals surface area contributed by atoms with Crippen molar-refractivity contribution in [2.24, 2.45) is 0 Å². The smallest absolute Gasteiger partial charge is 0.265 e. The van der Waals surface area contributed by atoms with E-state index < -0.39 is 0 Å². The molecular weight excluding hydrogens is 264 g/mol. The van der Waals surface area contributed by atoms with Crippen LogP contribution in [0, 0.1) is 0 Å². The third-order valence-electron chi connectivity index (χ3n) is 3.32. The number of anilines is 1. The number of unbranched alkanes of at least 4 members (excludes halogenated alkanes) is 1. The predicted molar refractivity (Wildman–Crippen MR) is 82.5 cm³/mol. The van der Waals surface area contributed by atoms with Crippen molar-refractivity contribution in [2.75, 3.05) is 5.73 Å². The highest BCUT2D eigenvalue weighted by atomic mass is 16.5. The standard InChI is InChI=1S/C16H18N4O/c1-2-3-4-12-5-7-13(8-6-12)21-16-15-18-9-10-20(15)11-14(17)19-16/h5-11H,2-4,17H2,1H3. The second kappa shape index (κ2) is 5.83. The number of hydrogen-bond acceptors (Lipinski definition) is 4. The Balaban J connectivity index is 1.83. The van der Waals surface area contributed by atoms with Crippen molar-refractivity contribution in [3.63, 3.8) is 0 Å². The average Bonchev–Trinajstić information content (AvgIpc) is 2.95. The lowest BCUT2D eigenvalue weighted by Gasteiger charge is -2.08. The topological polar surface area (TPSA) is 65.4 Å². The second-order valence-corrected chi connectivity index (χ2v) is 4.98. The molecule has 2 heterocycles. The highest BCUT2D eigenvalue weighted by molar-refractivity contribution is 5.54. The van der Waals surface area contributed by atoms with Gasteiger partial charge in [-0.25, -0.2) is 4.98 Å². The molecule has 0 aliphatic carbocycles. The number of aromatic nitrogens is 3. The van der Waals surface area contributed by atoms with Crippen molar-refractivity contribution in [1.82, 2.24) is 14.4 Å². The van der Waals surface area contributed by atoms with Gasteiger partial charge in [0.05, 0.1) is 6.20 Å². The molecule has 0 unspecified atom stereocenters. The molecule has 2 aromatic heterocycles. The van der Waals surface area contributed by atoms with E-state index in [1.807, 2.05) is 18.3 Å². The molecule has 0 amide bonds. The van der Waals surface area contributed by atoms with Crippen LogP contribution in [0.5, 0.6) is 11.6 Å². The maximum absolute atomic E-state index is 5.82. The van der Waals surface area contributed by atoms with E-state index in [4.69, 9.17) is 10.5 Å². The Morgan fingerprint density at radius 1 is 1.24 bits per heavy atom. The number of benzene rings is 1. The zero-order valence-electron chi connectivity index (χ0n) is 12.0. The Bertz CT molecular complexity index is 734. The highest BCUT2D eigenvalue weighted by Gasteiger charge is 2.08. The minimum Gasteiger partial charge on any atom is -0.436 e. The highest BCUT2D eigenvalue weighted by Crippen LogP contribution is 2.24. The lowest BCUT2D eigenvalue weighted by Crippen LogP contribution is -1.99. The lowest BCUT2D eigenvalue weighted by molar-refractivity contribution is 0.465. The number of nitrogens with two attached hydrogens (primary N) is 1. The number of hydrogen-bond donors (Lipinski definition) is 1. The van der Waals surface area contributed by atoms with E-state index in [2.05, 4.69) is 29.0 Å². The van der Waals surface area contributed by atoms with E-state index in [0.29, 0.717) is 17.3 Å². The van der Waals surface area contributed by atoms with Crippen molar-refractivity contribution < 1.29 is 4.74 Å². The minimum atomic E-state index is 0.398. The van der Waals surface area contributed by atoms with E-state index in [-0.39, 0.29) is 0 Å². The number of ether oxygens (including phenoxy) is 1. The molecule has 1 aromatic carbocycles. The van der Waals surface area contributed by atoms with Gasteiger partial charge >= 0.3 is 0 Å². The molecule has 0 aliphatic heterocycles. The second-order valence-electron chi connectivity index (χ2n) is 4.98. The van der Waals surface area contributed by atoms with Crippen LogP contribution in [0.25, 0.3) is 5.65 Å². The quantitative estimate of drug-likeness (QED) is 0.778. The van der Waals surface area contributed by atoms with Gasteiger partial charge in [-0.3, -0.25) is 4.40 Å². The third kappa shape index (κ3) is 2.97. The molecule has 0 saturated heterocycles. The minimum absolute atomic E-state index is 0.398. The Labute approximate surface area is 123 Å². The zero-order valence-corrected chi connectivity index (χ0v) is 12.0. The number of rotatable bonds is 5. The van der Waals surface area contributed by atoms with Gasteiger partial charge in [0.15, 0.2) is 0 Å². The van der Waals surface area contributed by atoms with Crippen molar-refractivity contribution >= 4 is 11.5 Å². The first kappa shape index (κ1) is 13.4. The van der Waals surface area contributed by atoms with E-state index in [1.54, 1.807) is 16.8 Å². The Morgan fingerprint density at radius 2 is 2.05 bits per heavy atom. The molecule has 5 nitrogen and oxygen atoms in total. The van der Waals surface area contributed by atoms with Crippen molar-refractivity contribution in [2.45, 2.75) is 26.2 Å². The fraction of sp³-hybridized carbons (Fsp3) is 0.250. The van der Waals surface area contributed by atoms with Crippen LogP contribution in [-0.4, -0.2) is 14.4 Å². The summed E-state index contributed by atoms with van der Waals surface area (Å²) in [6.07, 6.45) is 8.71. The van der Waals surface area contributed by atoms with Crippen LogP contribution in [0.4, 0.5) is 5.82 Å². The van der Waals surface area contributed by atoms with Gasteiger partial charge in [-0.2, -0.15) is 4.98 Å². The Kier molecular flexibility index (Phi) is 3.73. The van der Waals surface area contributed by atoms with Gasteiger partial charge in [0.2, 0.25) is 5.65 Å². The predicted octanol–water partition coefficient (Wildman–Crippen LogP) is 3.45. The number of aryl methyl sites for hydroxylation is 1. The van der Waals surface area contributed by atoms with Crippen molar-refractivity contribution in [3.05, 3.63) is 48.4 Å². The Hall–Kier alpha value is -2.56. The summed E-state index contributed by atoms with van der Waals surface area (Å²) >= 11 is 0. The molecule has 0 aliphatic rings. The summed E-state index contributed by atoms with van der Waals surface area (Å²) < 4.78 is 7.61. The third-order valence-corrected chi connectivity index (χ3v) is 3.32. The van der Waals surface area contributed by atoms with E-state index in [1.165, 1.54) is 18.4 Å². The van der Waals surface area contributed by atoms with Crippen LogP contribution < -0.4 is 10.5 Å². The molecule has 0 spiro atoms. The fourth-order valence-corrected chi connectivity index (χ4v) is 2.21. The molecule has 0 saturated carbocycles. The first-order chi connectivity index (χ1) is 10.3. The van der Waals surface area contributed by atoms with E-state index in [0.717, 1.165) is 12.2 Å². The lowest BCUT2D eigenvalue weighted by atomic mass is 10.1. The normalized spacial score (nSPS) is 10.9. The number of nitrogen functional groups attached to an aromatic ring is 1. The van der Waals surface area contributed by atoms with Crippen molar-refractivity contribution in [1.29, 1.82) is 0 Å². The number of imidazole rings is 1. The van der Waals surface area contributed by atoms with Crippen LogP contribution in [0.1, 0.15) is 25.3 Å². The Morgan fingerprint density at radius 3 is 2.81 bits per heavy atom. The molecule has 108 valence electrons. The largest absolute Gasteiger partial charge is 0.436 e. The summed E-state index contributed by atoms with van der Waals surface area (Å²) in [7, 11) is 0. The zero-order chi connectivity index (χ0) is 14.7. The molecule has 2 N–H and O–H groups in total. The molecule has 0 atom stereocenters. The molecule has 3 aromatic rings. The summed E-state index contributed by atoms with van der Waals surface area (Å²) in [5, 5.41) is 0. The summed E-state index contributed by atoms with van der Waals surface area (Å²) in [4.78, 5) is 8.45. The first-order valence-electron chi connectivity index (χ1n) is 7.12. The van der Waals surface area contributed by atoms with Gasteiger partial charge in [-0.1, -0.05) is 25.5 Å². The number of fused-ring (bicyclic) bond motifs is 1. The number of nitrogens with zero attached hydrogens (tertiary/aromatic N) is 3. The SMILES string of the molecule is CCCCc1ccc(Oc2nc(N)cn3ccnc23)cc1. The molecule has 0 radical (unpaired) electrons. The molecular formula is C16H18N4O. The first-order valence-corrected chi connectivity index (χ1v) is 7.12. The van der Waals surface area contributed by atoms with Crippen molar-refractivity contribution in [3.8, 4) is 11.6 Å². The van der Waals surface area contributed by atoms with Gasteiger partial charge in [0.25, 0.3) is 5.88 Å². The van der Waals surface area contributed by atoms with Gasteiger partial charge in [0, 0.05) is 12.4 Å². The summed E-state index contributed by atoms with van der Waals surface area (Å²) in [6.45, 7) is 2.19. The monoisotopic (exact) mass is 282 g/mol. The molecule has 0 fully saturated rings. The maximum atomic E-state index is 5.82. The van der Waals surface area contributed by atoms with E-state index in [9.17, 15) is 0 Å². The van der Waals surface area contributed by atoms with Crippen LogP contribution >= 0.6 is 0 Å². The van der Waals surface area contributed by atoms with Crippen LogP contribution in [0.3, 0.4) is 0 Å².